The van der Waals surface area contributed by atoms with E-state index in [1.54, 1.807) is 35.9 Å². The Morgan fingerprint density at radius 3 is 2.78 bits per heavy atom. The molecule has 0 saturated carbocycles. The van der Waals surface area contributed by atoms with Gasteiger partial charge in [-0.05, 0) is 42.5 Å². The molecular formula is C22H20FN5O3S. The Labute approximate surface area is 187 Å². The second-order valence-corrected chi connectivity index (χ2v) is 7.69. The highest BCUT2D eigenvalue weighted by Gasteiger charge is 2.11. The predicted octanol–water partition coefficient (Wildman–Crippen LogP) is 3.23. The number of aromatic nitrogens is 4. The smallest absolute Gasteiger partial charge is 0.231 e. The van der Waals surface area contributed by atoms with Gasteiger partial charge in [-0.1, -0.05) is 12.1 Å². The zero-order chi connectivity index (χ0) is 22.3. The highest BCUT2D eigenvalue weighted by Crippen LogP contribution is 2.23. The Balaban J connectivity index is 1.30. The minimum atomic E-state index is -0.301. The molecule has 32 heavy (non-hydrogen) atoms. The molecule has 0 aliphatic rings. The largest absolute Gasteiger partial charge is 0.497 e. The van der Waals surface area contributed by atoms with E-state index in [4.69, 9.17) is 9.47 Å². The average Bonchev–Trinajstić information content (AvgIpc) is 3.25. The lowest BCUT2D eigenvalue weighted by molar-refractivity contribution is -0.118. The molecule has 2 aromatic heterocycles. The predicted molar refractivity (Wildman–Crippen MR) is 118 cm³/mol. The van der Waals surface area contributed by atoms with E-state index in [9.17, 15) is 9.18 Å². The Bertz CT molecular complexity index is 1220. The van der Waals surface area contributed by atoms with Crippen LogP contribution >= 0.6 is 11.8 Å². The molecular weight excluding hydrogens is 433 g/mol. The fourth-order valence-electron chi connectivity index (χ4n) is 2.87. The van der Waals surface area contributed by atoms with Gasteiger partial charge < -0.3 is 14.8 Å². The molecule has 0 atom stereocenters. The summed E-state index contributed by atoms with van der Waals surface area (Å²) in [7, 11) is 1.60. The van der Waals surface area contributed by atoms with Gasteiger partial charge in [0.05, 0.1) is 19.4 Å². The number of rotatable bonds is 9. The highest BCUT2D eigenvalue weighted by molar-refractivity contribution is 8.00. The maximum Gasteiger partial charge on any atom is 0.231 e. The van der Waals surface area contributed by atoms with Crippen molar-refractivity contribution >= 4 is 23.3 Å². The van der Waals surface area contributed by atoms with Gasteiger partial charge in [-0.3, -0.25) is 4.79 Å². The van der Waals surface area contributed by atoms with E-state index in [1.807, 2.05) is 24.3 Å². The van der Waals surface area contributed by atoms with E-state index >= 15 is 0 Å². The number of carbonyl (C=O) groups is 1. The van der Waals surface area contributed by atoms with Crippen molar-refractivity contribution in [2.24, 2.45) is 0 Å². The minimum absolute atomic E-state index is 0.134. The number of nitrogens with zero attached hydrogens (tertiary/aromatic N) is 4. The van der Waals surface area contributed by atoms with Crippen LogP contribution in [-0.4, -0.2) is 51.7 Å². The Morgan fingerprint density at radius 1 is 1.12 bits per heavy atom. The summed E-state index contributed by atoms with van der Waals surface area (Å²) >= 11 is 1.34. The van der Waals surface area contributed by atoms with Crippen LogP contribution in [0.2, 0.25) is 0 Å². The van der Waals surface area contributed by atoms with Crippen molar-refractivity contribution in [3.63, 3.8) is 0 Å². The number of halogens is 1. The van der Waals surface area contributed by atoms with Crippen LogP contribution in [0.5, 0.6) is 11.6 Å². The molecule has 164 valence electrons. The van der Waals surface area contributed by atoms with E-state index in [2.05, 4.69) is 20.6 Å². The standard InChI is InChI=1S/C22H20FN5O3S/c1-30-17-4-2-3-15(13-17)22-26-25-19-9-10-21(27-28(19)22)31-12-11-24-20(29)14-32-18-7-5-16(23)6-8-18/h2-10,13H,11-12,14H2,1H3,(H,24,29). The lowest BCUT2D eigenvalue weighted by Crippen LogP contribution is -2.29. The summed E-state index contributed by atoms with van der Waals surface area (Å²) in [6.45, 7) is 0.579. The molecule has 1 amide bonds. The molecule has 4 aromatic rings. The fraction of sp³-hybridized carbons (Fsp3) is 0.182. The number of carbonyl (C=O) groups excluding carboxylic acids is 1. The third-order valence-corrected chi connectivity index (χ3v) is 5.44. The molecule has 0 aliphatic heterocycles. The van der Waals surface area contributed by atoms with Gasteiger partial charge in [0.25, 0.3) is 0 Å². The molecule has 8 nitrogen and oxygen atoms in total. The van der Waals surface area contributed by atoms with Gasteiger partial charge >= 0.3 is 0 Å². The lowest BCUT2D eigenvalue weighted by Gasteiger charge is -2.08. The van der Waals surface area contributed by atoms with Crippen molar-refractivity contribution in [1.29, 1.82) is 0 Å². The van der Waals surface area contributed by atoms with E-state index in [-0.39, 0.29) is 24.1 Å². The molecule has 0 aliphatic carbocycles. The van der Waals surface area contributed by atoms with Crippen LogP contribution in [0.3, 0.4) is 0 Å². The maximum absolute atomic E-state index is 12.9. The summed E-state index contributed by atoms with van der Waals surface area (Å²) in [5, 5.41) is 15.6. The highest BCUT2D eigenvalue weighted by atomic mass is 32.2. The maximum atomic E-state index is 12.9. The zero-order valence-electron chi connectivity index (χ0n) is 17.2. The third kappa shape index (κ3) is 5.33. The minimum Gasteiger partial charge on any atom is -0.497 e. The topological polar surface area (TPSA) is 90.6 Å². The first kappa shape index (κ1) is 21.6. The van der Waals surface area contributed by atoms with Crippen LogP contribution in [-0.2, 0) is 4.79 Å². The van der Waals surface area contributed by atoms with E-state index in [0.717, 1.165) is 10.5 Å². The Hall–Kier alpha value is -3.66. The van der Waals surface area contributed by atoms with Gasteiger partial charge in [0, 0.05) is 16.5 Å². The second-order valence-electron chi connectivity index (χ2n) is 6.64. The Kier molecular flexibility index (Phi) is 6.81. The first-order valence-corrected chi connectivity index (χ1v) is 10.8. The van der Waals surface area contributed by atoms with E-state index < -0.39 is 0 Å². The quantitative estimate of drug-likeness (QED) is 0.307. The third-order valence-electron chi connectivity index (χ3n) is 4.42. The summed E-state index contributed by atoms with van der Waals surface area (Å²) in [6, 6.07) is 16.9. The van der Waals surface area contributed by atoms with Crippen molar-refractivity contribution in [3.8, 4) is 23.0 Å². The van der Waals surface area contributed by atoms with Crippen LogP contribution in [0.4, 0.5) is 4.39 Å². The number of ether oxygens (including phenoxy) is 2. The second kappa shape index (κ2) is 10.1. The average molecular weight is 453 g/mol. The first-order valence-electron chi connectivity index (χ1n) is 9.77. The van der Waals surface area contributed by atoms with Gasteiger partial charge in [-0.25, -0.2) is 4.39 Å². The van der Waals surface area contributed by atoms with E-state index in [0.29, 0.717) is 29.6 Å². The van der Waals surface area contributed by atoms with Crippen LogP contribution in [0.1, 0.15) is 0 Å². The summed E-state index contributed by atoms with van der Waals surface area (Å²) in [4.78, 5) is 12.8. The number of amides is 1. The summed E-state index contributed by atoms with van der Waals surface area (Å²) in [5.41, 5.74) is 1.40. The van der Waals surface area contributed by atoms with Crippen molar-refractivity contribution in [3.05, 3.63) is 66.5 Å². The van der Waals surface area contributed by atoms with E-state index in [1.165, 1.54) is 23.9 Å². The van der Waals surface area contributed by atoms with Gasteiger partial charge in [0.2, 0.25) is 11.8 Å². The normalized spacial score (nSPS) is 10.8. The molecule has 0 unspecified atom stereocenters. The number of methoxy groups -OCH3 is 1. The summed E-state index contributed by atoms with van der Waals surface area (Å²) in [5.74, 6) is 1.46. The van der Waals surface area contributed by atoms with Gasteiger partial charge in [0.15, 0.2) is 11.5 Å². The fourth-order valence-corrected chi connectivity index (χ4v) is 3.60. The summed E-state index contributed by atoms with van der Waals surface area (Å²) in [6.07, 6.45) is 0. The molecule has 0 bridgehead atoms. The SMILES string of the molecule is COc1cccc(-c2nnc3ccc(OCCNC(=O)CSc4ccc(F)cc4)nn23)c1. The molecule has 0 radical (unpaired) electrons. The number of benzene rings is 2. The van der Waals surface area contributed by atoms with Gasteiger partial charge in [-0.2, -0.15) is 4.52 Å². The number of hydrogen-bond acceptors (Lipinski definition) is 7. The molecule has 0 fully saturated rings. The first-order chi connectivity index (χ1) is 15.6. The lowest BCUT2D eigenvalue weighted by atomic mass is 10.2. The molecule has 10 heteroatoms. The molecule has 0 spiro atoms. The monoisotopic (exact) mass is 453 g/mol. The number of thioether (sulfide) groups is 1. The molecule has 0 saturated heterocycles. The molecule has 1 N–H and O–H groups in total. The van der Waals surface area contributed by atoms with Crippen LogP contribution < -0.4 is 14.8 Å². The molecule has 2 aromatic carbocycles. The number of nitrogens with one attached hydrogen (secondary N) is 1. The van der Waals surface area contributed by atoms with Crippen LogP contribution in [0.15, 0.2) is 65.6 Å². The van der Waals surface area contributed by atoms with Crippen LogP contribution in [0, 0.1) is 5.82 Å². The summed E-state index contributed by atoms with van der Waals surface area (Å²) < 4.78 is 25.5. The van der Waals surface area contributed by atoms with Crippen molar-refractivity contribution in [1.82, 2.24) is 25.1 Å². The van der Waals surface area contributed by atoms with Crippen molar-refractivity contribution in [2.45, 2.75) is 4.90 Å². The van der Waals surface area contributed by atoms with Crippen LogP contribution in [0.25, 0.3) is 17.0 Å². The molecule has 4 rings (SSSR count). The Morgan fingerprint density at radius 2 is 1.97 bits per heavy atom. The number of fused-ring (bicyclic) bond motifs is 1. The zero-order valence-corrected chi connectivity index (χ0v) is 18.0. The van der Waals surface area contributed by atoms with Crippen molar-refractivity contribution in [2.75, 3.05) is 26.0 Å². The van der Waals surface area contributed by atoms with Crippen molar-refractivity contribution < 1.29 is 18.7 Å². The van der Waals surface area contributed by atoms with Gasteiger partial charge in [0.1, 0.15) is 18.2 Å². The number of hydrogen-bond donors (Lipinski definition) is 1. The van der Waals surface area contributed by atoms with Gasteiger partial charge in [-0.15, -0.1) is 27.1 Å². The molecule has 2 heterocycles.